The Morgan fingerprint density at radius 2 is 2.00 bits per heavy atom. The molecule has 2 amide bonds. The van der Waals surface area contributed by atoms with Gasteiger partial charge in [0, 0.05) is 32.7 Å². The third-order valence-electron chi connectivity index (χ3n) is 3.40. The maximum Gasteiger partial charge on any atom is 0.410 e. The number of nitrogens with zero attached hydrogens (tertiary/aromatic N) is 2. The van der Waals surface area contributed by atoms with Crippen molar-refractivity contribution in [1.29, 1.82) is 0 Å². The normalized spacial score (nSPS) is 24.6. The van der Waals surface area contributed by atoms with Crippen LogP contribution in [0.25, 0.3) is 0 Å². The van der Waals surface area contributed by atoms with Crippen molar-refractivity contribution in [2.24, 2.45) is 0 Å². The molecule has 1 unspecified atom stereocenters. The van der Waals surface area contributed by atoms with Gasteiger partial charge in [0.25, 0.3) is 0 Å². The van der Waals surface area contributed by atoms with Gasteiger partial charge >= 0.3 is 6.09 Å². The molecule has 108 valence electrons. The van der Waals surface area contributed by atoms with E-state index in [1.807, 2.05) is 27.8 Å². The van der Waals surface area contributed by atoms with Gasteiger partial charge < -0.3 is 14.5 Å². The molecule has 0 aromatic rings. The number of hydrogen-bond acceptors (Lipinski definition) is 4. The van der Waals surface area contributed by atoms with Crippen molar-refractivity contribution in [3.63, 3.8) is 0 Å². The number of hydrogen-bond donors (Lipinski definition) is 1. The second kappa shape index (κ2) is 5.00. The van der Waals surface area contributed by atoms with Crippen molar-refractivity contribution in [2.75, 3.05) is 26.7 Å². The van der Waals surface area contributed by atoms with E-state index >= 15 is 0 Å². The molecule has 0 aromatic heterocycles. The molecule has 2 rings (SSSR count). The van der Waals surface area contributed by atoms with Gasteiger partial charge in [0.05, 0.1) is 6.04 Å². The van der Waals surface area contributed by atoms with Crippen molar-refractivity contribution >= 4 is 12.0 Å². The van der Waals surface area contributed by atoms with Crippen molar-refractivity contribution in [3.8, 4) is 0 Å². The Hall–Kier alpha value is -1.30. The van der Waals surface area contributed by atoms with Gasteiger partial charge in [0.15, 0.2) is 0 Å². The van der Waals surface area contributed by atoms with E-state index in [1.54, 1.807) is 9.80 Å². The quantitative estimate of drug-likeness (QED) is 0.789. The average molecular weight is 269 g/mol. The van der Waals surface area contributed by atoms with Gasteiger partial charge in [-0.1, -0.05) is 0 Å². The Balaban J connectivity index is 1.72. The summed E-state index contributed by atoms with van der Waals surface area (Å²) in [6, 6.07) is 0.115. The summed E-state index contributed by atoms with van der Waals surface area (Å²) in [5.41, 5.74) is -0.459. The summed E-state index contributed by atoms with van der Waals surface area (Å²) in [6.07, 6.45) is 0.568. The lowest BCUT2D eigenvalue weighted by Crippen LogP contribution is -2.63. The van der Waals surface area contributed by atoms with Gasteiger partial charge in [0.2, 0.25) is 5.91 Å². The fourth-order valence-electron chi connectivity index (χ4n) is 2.32. The summed E-state index contributed by atoms with van der Waals surface area (Å²) >= 11 is 0. The highest BCUT2D eigenvalue weighted by Gasteiger charge is 2.37. The van der Waals surface area contributed by atoms with Gasteiger partial charge in [-0.05, 0) is 27.2 Å². The largest absolute Gasteiger partial charge is 0.444 e. The lowest BCUT2D eigenvalue weighted by molar-refractivity contribution is -0.128. The number of ether oxygens (including phenoxy) is 1. The van der Waals surface area contributed by atoms with Gasteiger partial charge in [-0.2, -0.15) is 0 Å². The Morgan fingerprint density at radius 3 is 2.47 bits per heavy atom. The zero-order valence-electron chi connectivity index (χ0n) is 12.1. The molecule has 6 heteroatoms. The van der Waals surface area contributed by atoms with Crippen LogP contribution in [0.3, 0.4) is 0 Å². The van der Waals surface area contributed by atoms with Crippen molar-refractivity contribution in [3.05, 3.63) is 0 Å². The summed E-state index contributed by atoms with van der Waals surface area (Å²) in [6.45, 7) is 7.60. The minimum Gasteiger partial charge on any atom is -0.444 e. The molecule has 0 aromatic carbocycles. The van der Waals surface area contributed by atoms with Crippen LogP contribution in [0.2, 0.25) is 0 Å². The summed E-state index contributed by atoms with van der Waals surface area (Å²) < 4.78 is 5.28. The average Bonchev–Trinajstić information content (AvgIpc) is 2.51. The second-order valence-electron chi connectivity index (χ2n) is 6.35. The lowest BCUT2D eigenvalue weighted by Gasteiger charge is -2.41. The molecular formula is C13H23N3O3. The van der Waals surface area contributed by atoms with Crippen LogP contribution in [0, 0.1) is 0 Å². The Labute approximate surface area is 114 Å². The molecule has 2 heterocycles. The van der Waals surface area contributed by atoms with Crippen LogP contribution in [0.4, 0.5) is 4.79 Å². The second-order valence-corrected chi connectivity index (χ2v) is 6.35. The van der Waals surface area contributed by atoms with E-state index in [9.17, 15) is 9.59 Å². The number of rotatable bonds is 2. The summed E-state index contributed by atoms with van der Waals surface area (Å²) in [5, 5.41) is 3.30. The smallest absolute Gasteiger partial charge is 0.410 e. The molecule has 0 spiro atoms. The van der Waals surface area contributed by atoms with Crippen molar-refractivity contribution in [1.82, 2.24) is 15.1 Å². The molecule has 1 atom stereocenters. The summed E-state index contributed by atoms with van der Waals surface area (Å²) in [4.78, 5) is 26.9. The molecule has 2 saturated heterocycles. The third kappa shape index (κ3) is 3.37. The van der Waals surface area contributed by atoms with Crippen LogP contribution in [-0.4, -0.2) is 66.2 Å². The summed E-state index contributed by atoms with van der Waals surface area (Å²) in [5.74, 6) is 0.149. The molecule has 0 saturated carbocycles. The van der Waals surface area contributed by atoms with E-state index in [4.69, 9.17) is 4.74 Å². The van der Waals surface area contributed by atoms with Crippen LogP contribution in [0.15, 0.2) is 0 Å². The molecule has 1 N–H and O–H groups in total. The fourth-order valence-corrected chi connectivity index (χ4v) is 2.32. The fraction of sp³-hybridized carbons (Fsp3) is 0.846. The van der Waals surface area contributed by atoms with Gasteiger partial charge in [-0.25, -0.2) is 4.79 Å². The molecule has 2 aliphatic rings. The first-order valence-corrected chi connectivity index (χ1v) is 6.75. The summed E-state index contributed by atoms with van der Waals surface area (Å²) in [7, 11) is 1.82. The molecule has 6 nitrogen and oxygen atoms in total. The Kier molecular flexibility index (Phi) is 3.71. The zero-order chi connectivity index (χ0) is 14.2. The van der Waals surface area contributed by atoms with Gasteiger partial charge in [0.1, 0.15) is 5.60 Å². The highest BCUT2D eigenvalue weighted by molar-refractivity contribution is 5.83. The minimum atomic E-state index is -0.459. The van der Waals surface area contributed by atoms with Crippen LogP contribution in [0.5, 0.6) is 0 Å². The number of carbonyl (C=O) groups is 2. The highest BCUT2D eigenvalue weighted by atomic mass is 16.6. The van der Waals surface area contributed by atoms with Crippen molar-refractivity contribution < 1.29 is 14.3 Å². The number of likely N-dealkylation sites (N-methyl/N-ethyl adjacent to an activating group) is 1. The number of likely N-dealkylation sites (tertiary alicyclic amines) is 2. The van der Waals surface area contributed by atoms with Crippen LogP contribution in [0.1, 0.15) is 27.2 Å². The maximum atomic E-state index is 11.7. The van der Waals surface area contributed by atoms with Gasteiger partial charge in [-0.15, -0.1) is 0 Å². The molecule has 0 bridgehead atoms. The van der Waals surface area contributed by atoms with E-state index in [0.29, 0.717) is 13.1 Å². The Morgan fingerprint density at radius 1 is 1.37 bits per heavy atom. The predicted octanol–water partition coefficient (Wildman–Crippen LogP) is 0.426. The minimum absolute atomic E-state index is 0.0872. The van der Waals surface area contributed by atoms with Crippen molar-refractivity contribution in [2.45, 2.75) is 44.9 Å². The number of amides is 2. The molecule has 0 aliphatic carbocycles. The molecule has 2 fully saturated rings. The number of carbonyl (C=O) groups excluding carboxylic acids is 2. The Bertz CT molecular complexity index is 372. The van der Waals surface area contributed by atoms with E-state index in [-0.39, 0.29) is 24.1 Å². The first-order chi connectivity index (χ1) is 8.76. The molecule has 2 aliphatic heterocycles. The van der Waals surface area contributed by atoms with E-state index < -0.39 is 5.60 Å². The van der Waals surface area contributed by atoms with E-state index in [2.05, 4.69) is 5.32 Å². The highest BCUT2D eigenvalue weighted by Crippen LogP contribution is 2.17. The maximum absolute atomic E-state index is 11.7. The molecule has 19 heavy (non-hydrogen) atoms. The predicted molar refractivity (Wildman–Crippen MR) is 70.8 cm³/mol. The van der Waals surface area contributed by atoms with Crippen LogP contribution in [-0.2, 0) is 9.53 Å². The lowest BCUT2D eigenvalue weighted by atomic mass is 10.1. The zero-order valence-corrected chi connectivity index (χ0v) is 12.1. The van der Waals surface area contributed by atoms with E-state index in [1.165, 1.54) is 0 Å². The number of nitrogens with one attached hydrogen (secondary N) is 1. The van der Waals surface area contributed by atoms with Crippen LogP contribution >= 0.6 is 0 Å². The molecule has 0 radical (unpaired) electrons. The first kappa shape index (κ1) is 14.1. The standard InChI is InChI=1S/C13H23N3O3/c1-13(2,3)19-12(18)16-7-9(8-16)14-10-5-6-15(4)11(10)17/h9-10,14H,5-8H2,1-4H3. The SMILES string of the molecule is CN1CCC(NC2CN(C(=O)OC(C)(C)C)C2)C1=O. The van der Waals surface area contributed by atoms with E-state index in [0.717, 1.165) is 13.0 Å². The third-order valence-corrected chi connectivity index (χ3v) is 3.40. The van der Waals surface area contributed by atoms with Crippen LogP contribution < -0.4 is 5.32 Å². The monoisotopic (exact) mass is 269 g/mol. The molecular weight excluding hydrogens is 246 g/mol. The first-order valence-electron chi connectivity index (χ1n) is 6.75. The van der Waals surface area contributed by atoms with Gasteiger partial charge in [-0.3, -0.25) is 10.1 Å². The topological polar surface area (TPSA) is 61.9 Å².